The van der Waals surface area contributed by atoms with Crippen LogP contribution >= 0.6 is 0 Å². The van der Waals surface area contributed by atoms with E-state index in [0.29, 0.717) is 42.6 Å². The maximum Gasteiger partial charge on any atom is 0.326 e. The zero-order valence-corrected chi connectivity index (χ0v) is 29.0. The molecule has 0 aliphatic carbocycles. The van der Waals surface area contributed by atoms with Crippen LogP contribution in [0.25, 0.3) is 0 Å². The first kappa shape index (κ1) is 34.0. The van der Waals surface area contributed by atoms with Crippen molar-refractivity contribution < 1.29 is 28.9 Å². The molecule has 1 amide bonds. The van der Waals surface area contributed by atoms with Crippen molar-refractivity contribution in [3.63, 3.8) is 0 Å². The summed E-state index contributed by atoms with van der Waals surface area (Å²) in [5.74, 6) is 0.468. The Kier molecular flexibility index (Phi) is 9.46. The summed E-state index contributed by atoms with van der Waals surface area (Å²) in [5, 5.41) is 14.7. The minimum atomic E-state index is -1.14. The molecular formula is C37H48N4O6. The molecule has 3 heterocycles. The third-order valence-electron chi connectivity index (χ3n) is 9.18. The molecule has 2 aliphatic rings. The number of rotatable bonds is 8. The van der Waals surface area contributed by atoms with Gasteiger partial charge < -0.3 is 34.4 Å². The number of hydrogen-bond acceptors (Lipinski definition) is 8. The number of benzene rings is 2. The summed E-state index contributed by atoms with van der Waals surface area (Å²) in [7, 11) is 5.45. The highest BCUT2D eigenvalue weighted by molar-refractivity contribution is 5.98. The molecule has 252 valence electrons. The standard InChI is InChI=1S/C37H48N4O6/c1-36(2,3)24-13-15-26(45-9)23(19-24)21-39-30-29(37(4,5)6)32(35(43)44)41(31(30)25-11-10-16-38-33(25)40(7)8)34(42)22-12-14-27-28(20-22)47-18-17-46-27/h10-16,19-20,29-32,39H,17-18,21H2,1-9H3,(H,43,44)/t29-,30-,31-,32-/m0/s1. The van der Waals surface area contributed by atoms with Crippen LogP contribution in [0.3, 0.4) is 0 Å². The lowest BCUT2D eigenvalue weighted by Crippen LogP contribution is -2.48. The van der Waals surface area contributed by atoms with Gasteiger partial charge in [-0.3, -0.25) is 4.79 Å². The smallest absolute Gasteiger partial charge is 0.326 e. The van der Waals surface area contributed by atoms with Crippen molar-refractivity contribution in [1.82, 2.24) is 15.2 Å². The lowest BCUT2D eigenvalue weighted by atomic mass is 9.72. The SMILES string of the molecule is COc1ccc(C(C)(C)C)cc1CN[C@H]1[C@H](C(C)(C)C)[C@@H](C(=O)O)N(C(=O)c2ccc3c(c2)OCCO3)[C@H]1c1cccnc1N(C)C. The molecule has 47 heavy (non-hydrogen) atoms. The van der Waals surface area contributed by atoms with E-state index in [1.165, 1.54) is 0 Å². The van der Waals surface area contributed by atoms with Crippen molar-refractivity contribution >= 4 is 17.7 Å². The third-order valence-corrected chi connectivity index (χ3v) is 9.18. The highest BCUT2D eigenvalue weighted by Gasteiger charge is 2.58. The minimum absolute atomic E-state index is 0.0809. The number of hydrogen-bond donors (Lipinski definition) is 2. The van der Waals surface area contributed by atoms with Crippen molar-refractivity contribution in [2.75, 3.05) is 39.3 Å². The second-order valence-electron chi connectivity index (χ2n) is 14.7. The number of amides is 1. The fourth-order valence-corrected chi connectivity index (χ4v) is 6.98. The number of aromatic nitrogens is 1. The third kappa shape index (κ3) is 6.74. The van der Waals surface area contributed by atoms with E-state index in [1.54, 1.807) is 36.4 Å². The summed E-state index contributed by atoms with van der Waals surface area (Å²) in [4.78, 5) is 36.3. The van der Waals surface area contributed by atoms with Crippen LogP contribution in [0.1, 0.15) is 74.6 Å². The summed E-state index contributed by atoms with van der Waals surface area (Å²) < 4.78 is 17.3. The Morgan fingerprint density at radius 1 is 1.02 bits per heavy atom. The normalized spacial score (nSPS) is 21.0. The van der Waals surface area contributed by atoms with Crippen LogP contribution in [0, 0.1) is 11.3 Å². The Morgan fingerprint density at radius 3 is 2.34 bits per heavy atom. The Morgan fingerprint density at radius 2 is 1.72 bits per heavy atom. The van der Waals surface area contributed by atoms with Crippen molar-refractivity contribution in [2.24, 2.45) is 11.3 Å². The van der Waals surface area contributed by atoms with Crippen LogP contribution in [0.4, 0.5) is 5.82 Å². The Bertz CT molecular complexity index is 1630. The number of pyridine rings is 1. The second-order valence-corrected chi connectivity index (χ2v) is 14.7. The van der Waals surface area contributed by atoms with E-state index >= 15 is 0 Å². The zero-order valence-electron chi connectivity index (χ0n) is 29.0. The zero-order chi connectivity index (χ0) is 34.3. The van der Waals surface area contributed by atoms with Gasteiger partial charge in [0.05, 0.1) is 13.2 Å². The van der Waals surface area contributed by atoms with Crippen LogP contribution in [-0.4, -0.2) is 73.4 Å². The number of nitrogens with zero attached hydrogens (tertiary/aromatic N) is 3. The molecular weight excluding hydrogens is 596 g/mol. The quantitative estimate of drug-likeness (QED) is 0.319. The maximum absolute atomic E-state index is 14.7. The monoisotopic (exact) mass is 644 g/mol. The molecule has 4 atom stereocenters. The fourth-order valence-electron chi connectivity index (χ4n) is 6.98. The summed E-state index contributed by atoms with van der Waals surface area (Å²) in [6, 6.07) is 12.7. The number of aliphatic carboxylic acids is 1. The second kappa shape index (κ2) is 13.1. The number of carbonyl (C=O) groups is 2. The molecule has 10 heteroatoms. The molecule has 1 fully saturated rings. The van der Waals surface area contributed by atoms with Gasteiger partial charge in [-0.25, -0.2) is 9.78 Å². The number of carboxylic acid groups (broad SMARTS) is 1. The van der Waals surface area contributed by atoms with Gasteiger partial charge in [0.2, 0.25) is 0 Å². The molecule has 0 spiro atoms. The van der Waals surface area contributed by atoms with Gasteiger partial charge in [-0.1, -0.05) is 59.7 Å². The van der Waals surface area contributed by atoms with Gasteiger partial charge in [0.25, 0.3) is 5.91 Å². The number of methoxy groups -OCH3 is 1. The van der Waals surface area contributed by atoms with Crippen LogP contribution in [0.5, 0.6) is 17.2 Å². The minimum Gasteiger partial charge on any atom is -0.496 e. The highest BCUT2D eigenvalue weighted by atomic mass is 16.6. The van der Waals surface area contributed by atoms with Crippen molar-refractivity contribution in [3.05, 3.63) is 77.0 Å². The van der Waals surface area contributed by atoms with Crippen molar-refractivity contribution in [1.29, 1.82) is 0 Å². The Hall–Kier alpha value is -4.31. The Labute approximate surface area is 278 Å². The van der Waals surface area contributed by atoms with E-state index in [4.69, 9.17) is 14.2 Å². The van der Waals surface area contributed by atoms with E-state index < -0.39 is 41.3 Å². The average Bonchev–Trinajstić information content (AvgIpc) is 3.38. The molecule has 5 rings (SSSR count). The summed E-state index contributed by atoms with van der Waals surface area (Å²) in [5.41, 5.74) is 2.60. The summed E-state index contributed by atoms with van der Waals surface area (Å²) in [6.45, 7) is 13.8. The molecule has 3 aromatic rings. The van der Waals surface area contributed by atoms with E-state index in [0.717, 1.165) is 22.4 Å². The van der Waals surface area contributed by atoms with Crippen LogP contribution in [0.15, 0.2) is 54.7 Å². The number of anilines is 1. The number of fused-ring (bicyclic) bond motifs is 1. The van der Waals surface area contributed by atoms with Gasteiger partial charge in [-0.15, -0.1) is 0 Å². The van der Waals surface area contributed by atoms with E-state index in [9.17, 15) is 14.7 Å². The molecule has 1 aromatic heterocycles. The predicted molar refractivity (Wildman–Crippen MR) is 182 cm³/mol. The van der Waals surface area contributed by atoms with Crippen molar-refractivity contribution in [3.8, 4) is 17.2 Å². The topological polar surface area (TPSA) is 113 Å². The lowest BCUT2D eigenvalue weighted by Gasteiger charge is -2.35. The maximum atomic E-state index is 14.7. The molecule has 2 N–H and O–H groups in total. The number of nitrogens with one attached hydrogen (secondary N) is 1. The highest BCUT2D eigenvalue weighted by Crippen LogP contribution is 2.50. The van der Waals surface area contributed by atoms with E-state index in [1.807, 2.05) is 58.0 Å². The Balaban J connectivity index is 1.68. The van der Waals surface area contributed by atoms with E-state index in [-0.39, 0.29) is 5.41 Å². The van der Waals surface area contributed by atoms with Crippen LogP contribution < -0.4 is 24.4 Å². The number of carbonyl (C=O) groups excluding carboxylic acids is 1. The molecule has 0 radical (unpaired) electrons. The first-order valence-corrected chi connectivity index (χ1v) is 16.1. The number of ether oxygens (including phenoxy) is 3. The molecule has 1 saturated heterocycles. The van der Waals surface area contributed by atoms with Crippen LogP contribution in [-0.2, 0) is 16.8 Å². The van der Waals surface area contributed by atoms with Gasteiger partial charge in [0, 0.05) is 55.5 Å². The van der Waals surface area contributed by atoms with Gasteiger partial charge in [-0.2, -0.15) is 0 Å². The van der Waals surface area contributed by atoms with Crippen LogP contribution in [0.2, 0.25) is 0 Å². The average molecular weight is 645 g/mol. The largest absolute Gasteiger partial charge is 0.496 e. The van der Waals surface area contributed by atoms with Gasteiger partial charge in [0.15, 0.2) is 11.5 Å². The molecule has 2 aliphatic heterocycles. The van der Waals surface area contributed by atoms with Gasteiger partial charge >= 0.3 is 5.97 Å². The summed E-state index contributed by atoms with van der Waals surface area (Å²) >= 11 is 0. The molecule has 0 bridgehead atoms. The lowest BCUT2D eigenvalue weighted by molar-refractivity contribution is -0.144. The first-order chi connectivity index (χ1) is 22.1. The predicted octanol–water partition coefficient (Wildman–Crippen LogP) is 5.70. The number of carboxylic acids is 1. The molecule has 10 nitrogen and oxygen atoms in total. The first-order valence-electron chi connectivity index (χ1n) is 16.1. The van der Waals surface area contributed by atoms with Crippen molar-refractivity contribution in [2.45, 2.75) is 71.6 Å². The molecule has 0 unspecified atom stereocenters. The number of likely N-dealkylation sites (tertiary alicyclic amines) is 1. The molecule has 2 aromatic carbocycles. The summed E-state index contributed by atoms with van der Waals surface area (Å²) in [6.07, 6.45) is 1.71. The molecule has 0 saturated carbocycles. The van der Waals surface area contributed by atoms with Gasteiger partial charge in [0.1, 0.15) is 30.8 Å². The van der Waals surface area contributed by atoms with Gasteiger partial charge in [-0.05, 0) is 46.7 Å². The van der Waals surface area contributed by atoms with E-state index in [2.05, 4.69) is 43.2 Å². The fraction of sp³-hybridized carbons (Fsp3) is 0.486.